The molecule has 0 saturated carbocycles. The lowest BCUT2D eigenvalue weighted by molar-refractivity contribution is 0.130. The molecule has 3 N–H and O–H groups in total. The second kappa shape index (κ2) is 6.54. The van der Waals surface area contributed by atoms with E-state index in [0.29, 0.717) is 6.61 Å². The van der Waals surface area contributed by atoms with Crippen molar-refractivity contribution in [3.63, 3.8) is 0 Å². The maximum Gasteiger partial charge on any atom is 0.0613 e. The average molecular weight is 163 g/mol. The van der Waals surface area contributed by atoms with Gasteiger partial charge in [-0.1, -0.05) is 0 Å². The molecule has 0 aliphatic carbocycles. The quantitative estimate of drug-likeness (QED) is 0.468. The molecule has 4 nitrogen and oxygen atoms in total. The van der Waals surface area contributed by atoms with Crippen LogP contribution in [0.3, 0.4) is 0 Å². The zero-order valence-corrected chi connectivity index (χ0v) is 7.08. The highest BCUT2D eigenvalue weighted by molar-refractivity contribution is 4.68. The fourth-order valence-corrected chi connectivity index (χ4v) is 0.864. The Morgan fingerprint density at radius 1 is 1.36 bits per heavy atom. The summed E-state index contributed by atoms with van der Waals surface area (Å²) in [5, 5.41) is 20.4. The van der Waals surface area contributed by atoms with E-state index in [4.69, 9.17) is 14.9 Å². The molecule has 1 atom stereocenters. The topological polar surface area (TPSA) is 61.7 Å². The first kappa shape index (κ1) is 10.8. The van der Waals surface area contributed by atoms with Crippen LogP contribution in [0.25, 0.3) is 0 Å². The van der Waals surface area contributed by atoms with Crippen molar-refractivity contribution in [2.45, 2.75) is 19.0 Å². The molecule has 0 aliphatic rings. The molecule has 1 unspecified atom stereocenters. The SMILES string of the molecule is COCC(C)NC(CO)CO. The first-order chi connectivity index (χ1) is 5.24. The van der Waals surface area contributed by atoms with Crippen LogP contribution in [-0.2, 0) is 4.74 Å². The Bertz CT molecular complexity index is 85.8. The summed E-state index contributed by atoms with van der Waals surface area (Å²) in [4.78, 5) is 0. The molecule has 0 fully saturated rings. The van der Waals surface area contributed by atoms with Crippen LogP contribution < -0.4 is 5.32 Å². The first-order valence-corrected chi connectivity index (χ1v) is 3.71. The second-order valence-corrected chi connectivity index (χ2v) is 2.59. The Kier molecular flexibility index (Phi) is 6.45. The van der Waals surface area contributed by atoms with Crippen molar-refractivity contribution < 1.29 is 14.9 Å². The number of hydrogen-bond donors (Lipinski definition) is 3. The van der Waals surface area contributed by atoms with E-state index in [9.17, 15) is 0 Å². The summed E-state index contributed by atoms with van der Waals surface area (Å²) in [5.41, 5.74) is 0. The van der Waals surface area contributed by atoms with Gasteiger partial charge in [-0.05, 0) is 6.92 Å². The molecule has 0 bridgehead atoms. The van der Waals surface area contributed by atoms with Gasteiger partial charge in [0.2, 0.25) is 0 Å². The van der Waals surface area contributed by atoms with Gasteiger partial charge in [0, 0.05) is 13.2 Å². The van der Waals surface area contributed by atoms with E-state index in [1.807, 2.05) is 6.92 Å². The molecular weight excluding hydrogens is 146 g/mol. The molecule has 0 spiro atoms. The third-order valence-corrected chi connectivity index (χ3v) is 1.38. The van der Waals surface area contributed by atoms with Gasteiger partial charge in [-0.25, -0.2) is 0 Å². The van der Waals surface area contributed by atoms with Crippen LogP contribution in [0.5, 0.6) is 0 Å². The summed E-state index contributed by atoms with van der Waals surface area (Å²) in [5.74, 6) is 0. The van der Waals surface area contributed by atoms with E-state index < -0.39 is 0 Å². The molecule has 0 aromatic rings. The maximum atomic E-state index is 8.68. The highest BCUT2D eigenvalue weighted by Crippen LogP contribution is 1.86. The second-order valence-electron chi connectivity index (χ2n) is 2.59. The standard InChI is InChI=1S/C7H17NO3/c1-6(5-11-2)8-7(3-9)4-10/h6-10H,3-5H2,1-2H3. The molecule has 0 aliphatic heterocycles. The summed E-state index contributed by atoms with van der Waals surface area (Å²) < 4.78 is 4.87. The van der Waals surface area contributed by atoms with Crippen molar-refractivity contribution in [2.24, 2.45) is 0 Å². The lowest BCUT2D eigenvalue weighted by atomic mass is 10.2. The van der Waals surface area contributed by atoms with Crippen LogP contribution in [-0.4, -0.2) is 49.2 Å². The maximum absolute atomic E-state index is 8.68. The largest absolute Gasteiger partial charge is 0.395 e. The number of aliphatic hydroxyl groups is 2. The molecular formula is C7H17NO3. The smallest absolute Gasteiger partial charge is 0.0613 e. The van der Waals surface area contributed by atoms with Gasteiger partial charge in [0.05, 0.1) is 25.9 Å². The molecule has 4 heteroatoms. The molecule has 11 heavy (non-hydrogen) atoms. The monoisotopic (exact) mass is 163 g/mol. The number of hydrogen-bond acceptors (Lipinski definition) is 4. The number of ether oxygens (including phenoxy) is 1. The zero-order chi connectivity index (χ0) is 8.69. The Morgan fingerprint density at radius 3 is 2.27 bits per heavy atom. The molecule has 0 heterocycles. The van der Waals surface area contributed by atoms with E-state index in [1.165, 1.54) is 0 Å². The van der Waals surface area contributed by atoms with Crippen molar-refractivity contribution in [1.82, 2.24) is 5.32 Å². The molecule has 0 rings (SSSR count). The Morgan fingerprint density at radius 2 is 1.91 bits per heavy atom. The van der Waals surface area contributed by atoms with Crippen LogP contribution in [0, 0.1) is 0 Å². The van der Waals surface area contributed by atoms with Crippen LogP contribution >= 0.6 is 0 Å². The van der Waals surface area contributed by atoms with E-state index in [1.54, 1.807) is 7.11 Å². The fraction of sp³-hybridized carbons (Fsp3) is 1.00. The molecule has 0 aromatic carbocycles. The normalized spacial score (nSPS) is 13.9. The molecule has 0 saturated heterocycles. The molecule has 0 aromatic heterocycles. The van der Waals surface area contributed by atoms with Crippen LogP contribution in [0.1, 0.15) is 6.92 Å². The summed E-state index contributed by atoms with van der Waals surface area (Å²) in [6, 6.07) is -0.0792. The van der Waals surface area contributed by atoms with E-state index >= 15 is 0 Å². The van der Waals surface area contributed by atoms with E-state index in [2.05, 4.69) is 5.32 Å². The van der Waals surface area contributed by atoms with Crippen molar-refractivity contribution in [3.05, 3.63) is 0 Å². The minimum absolute atomic E-state index is 0.0510. The number of aliphatic hydroxyl groups excluding tert-OH is 2. The predicted molar refractivity (Wildman–Crippen MR) is 42.4 cm³/mol. The molecule has 0 radical (unpaired) electrons. The van der Waals surface area contributed by atoms with Gasteiger partial charge in [0.15, 0.2) is 0 Å². The average Bonchev–Trinajstić information content (AvgIpc) is 2.01. The third-order valence-electron chi connectivity index (χ3n) is 1.38. The van der Waals surface area contributed by atoms with Gasteiger partial charge in [0.1, 0.15) is 0 Å². The molecule has 68 valence electrons. The van der Waals surface area contributed by atoms with Crippen LogP contribution in [0.15, 0.2) is 0 Å². The minimum Gasteiger partial charge on any atom is -0.395 e. The predicted octanol–water partition coefficient (Wildman–Crippen LogP) is -1.04. The minimum atomic E-state index is -0.236. The summed E-state index contributed by atoms with van der Waals surface area (Å²) in [7, 11) is 1.62. The van der Waals surface area contributed by atoms with Crippen molar-refractivity contribution in [3.8, 4) is 0 Å². The lowest BCUT2D eigenvalue weighted by Gasteiger charge is -2.18. The van der Waals surface area contributed by atoms with E-state index in [-0.39, 0.29) is 25.3 Å². The Labute approximate surface area is 67.2 Å². The van der Waals surface area contributed by atoms with Crippen LogP contribution in [0.2, 0.25) is 0 Å². The van der Waals surface area contributed by atoms with Gasteiger partial charge < -0.3 is 20.3 Å². The van der Waals surface area contributed by atoms with Gasteiger partial charge in [0.25, 0.3) is 0 Å². The van der Waals surface area contributed by atoms with Gasteiger partial charge in [-0.15, -0.1) is 0 Å². The number of nitrogens with one attached hydrogen (secondary N) is 1. The highest BCUT2D eigenvalue weighted by atomic mass is 16.5. The lowest BCUT2D eigenvalue weighted by Crippen LogP contribution is -2.43. The van der Waals surface area contributed by atoms with Gasteiger partial charge in [-0.2, -0.15) is 0 Å². The van der Waals surface area contributed by atoms with Crippen LogP contribution in [0.4, 0.5) is 0 Å². The summed E-state index contributed by atoms with van der Waals surface area (Å²) in [6.07, 6.45) is 0. The third kappa shape index (κ3) is 5.15. The number of rotatable bonds is 6. The fourth-order valence-electron chi connectivity index (χ4n) is 0.864. The molecule has 0 amide bonds. The van der Waals surface area contributed by atoms with Gasteiger partial charge in [-0.3, -0.25) is 0 Å². The summed E-state index contributed by atoms with van der Waals surface area (Å²) >= 11 is 0. The first-order valence-electron chi connectivity index (χ1n) is 3.71. The number of methoxy groups -OCH3 is 1. The van der Waals surface area contributed by atoms with Crippen molar-refractivity contribution in [2.75, 3.05) is 26.9 Å². The van der Waals surface area contributed by atoms with E-state index in [0.717, 1.165) is 0 Å². The Balaban J connectivity index is 3.44. The summed E-state index contributed by atoms with van der Waals surface area (Å²) in [6.45, 7) is 2.41. The zero-order valence-electron chi connectivity index (χ0n) is 7.08. The van der Waals surface area contributed by atoms with Crippen molar-refractivity contribution >= 4 is 0 Å². The van der Waals surface area contributed by atoms with Gasteiger partial charge >= 0.3 is 0 Å². The van der Waals surface area contributed by atoms with Crippen molar-refractivity contribution in [1.29, 1.82) is 0 Å². The Hall–Kier alpha value is -0.160. The highest BCUT2D eigenvalue weighted by Gasteiger charge is 2.08.